The lowest BCUT2D eigenvalue weighted by molar-refractivity contribution is -0.142. The summed E-state index contributed by atoms with van der Waals surface area (Å²) in [5.41, 5.74) is -0.0973. The Morgan fingerprint density at radius 3 is 2.47 bits per heavy atom. The average Bonchev–Trinajstić information content (AvgIpc) is 3.05. The monoisotopic (exact) mass is 261 g/mol. The van der Waals surface area contributed by atoms with E-state index in [4.69, 9.17) is 6.42 Å². The molecular weight excluding hydrogens is 234 g/mol. The van der Waals surface area contributed by atoms with Gasteiger partial charge in [0.15, 0.2) is 0 Å². The predicted molar refractivity (Wildman–Crippen MR) is 78.5 cm³/mol. The molecule has 2 heteroatoms. The highest BCUT2D eigenvalue weighted by Gasteiger charge is 2.44. The van der Waals surface area contributed by atoms with Gasteiger partial charge in [0.25, 0.3) is 0 Å². The Labute approximate surface area is 117 Å². The minimum atomic E-state index is -0.0973. The summed E-state index contributed by atoms with van der Waals surface area (Å²) in [6, 6.07) is 0. The average molecular weight is 261 g/mol. The second-order valence-electron chi connectivity index (χ2n) is 6.92. The van der Waals surface area contributed by atoms with Crippen molar-refractivity contribution in [3.05, 3.63) is 0 Å². The standard InChI is InChI=1S/C17H27NO/c1-4-11-18(13-15-7-8-15)16(19)17(12-14(2)3)9-5-6-10-17/h1,14-15H,5-13H2,2-3H3. The van der Waals surface area contributed by atoms with Crippen LogP contribution in [0, 0.1) is 29.6 Å². The molecule has 2 rings (SSSR count). The van der Waals surface area contributed by atoms with Crippen molar-refractivity contribution in [1.29, 1.82) is 0 Å². The first-order chi connectivity index (χ1) is 9.07. The molecule has 0 radical (unpaired) electrons. The molecule has 0 N–H and O–H groups in total. The van der Waals surface area contributed by atoms with E-state index in [2.05, 4.69) is 19.8 Å². The first-order valence-corrected chi connectivity index (χ1v) is 7.80. The van der Waals surface area contributed by atoms with E-state index in [0.717, 1.165) is 31.7 Å². The van der Waals surface area contributed by atoms with E-state index in [1.54, 1.807) is 0 Å². The molecule has 19 heavy (non-hydrogen) atoms. The molecule has 2 aliphatic carbocycles. The van der Waals surface area contributed by atoms with Crippen molar-refractivity contribution in [2.24, 2.45) is 17.3 Å². The van der Waals surface area contributed by atoms with E-state index in [9.17, 15) is 4.79 Å². The minimum Gasteiger partial charge on any atom is -0.331 e. The van der Waals surface area contributed by atoms with E-state index >= 15 is 0 Å². The van der Waals surface area contributed by atoms with Crippen molar-refractivity contribution in [1.82, 2.24) is 4.90 Å². The number of hydrogen-bond acceptors (Lipinski definition) is 1. The fourth-order valence-corrected chi connectivity index (χ4v) is 3.62. The molecule has 0 bridgehead atoms. The molecule has 0 spiro atoms. The maximum Gasteiger partial charge on any atom is 0.229 e. The van der Waals surface area contributed by atoms with Crippen molar-refractivity contribution in [2.45, 2.75) is 58.8 Å². The predicted octanol–water partition coefficient (Wildman–Crippen LogP) is 3.46. The second-order valence-corrected chi connectivity index (χ2v) is 6.92. The van der Waals surface area contributed by atoms with Gasteiger partial charge in [0.2, 0.25) is 5.91 Å². The minimum absolute atomic E-state index is 0.0973. The lowest BCUT2D eigenvalue weighted by atomic mass is 9.77. The van der Waals surface area contributed by atoms with Crippen molar-refractivity contribution in [2.75, 3.05) is 13.1 Å². The number of rotatable bonds is 6. The van der Waals surface area contributed by atoms with E-state index in [1.807, 2.05) is 4.90 Å². The molecule has 1 amide bonds. The lowest BCUT2D eigenvalue weighted by Gasteiger charge is -2.35. The summed E-state index contributed by atoms with van der Waals surface area (Å²) in [5.74, 6) is 4.33. The quantitative estimate of drug-likeness (QED) is 0.670. The van der Waals surface area contributed by atoms with Gasteiger partial charge >= 0.3 is 0 Å². The largest absolute Gasteiger partial charge is 0.331 e. The lowest BCUT2D eigenvalue weighted by Crippen LogP contribution is -2.44. The molecule has 0 atom stereocenters. The van der Waals surface area contributed by atoms with Crippen molar-refractivity contribution in [3.63, 3.8) is 0 Å². The zero-order valence-electron chi connectivity index (χ0n) is 12.5. The second kappa shape index (κ2) is 5.99. The van der Waals surface area contributed by atoms with Crippen LogP contribution < -0.4 is 0 Å². The summed E-state index contributed by atoms with van der Waals surface area (Å²) in [6.45, 7) is 5.83. The van der Waals surface area contributed by atoms with Gasteiger partial charge in [-0.15, -0.1) is 6.42 Å². The maximum atomic E-state index is 13.0. The fraction of sp³-hybridized carbons (Fsp3) is 0.824. The molecule has 0 aliphatic heterocycles. The molecule has 0 saturated heterocycles. The Morgan fingerprint density at radius 1 is 1.37 bits per heavy atom. The third kappa shape index (κ3) is 3.53. The summed E-state index contributed by atoms with van der Waals surface area (Å²) < 4.78 is 0. The molecule has 2 saturated carbocycles. The van der Waals surface area contributed by atoms with Crippen LogP contribution in [0.3, 0.4) is 0 Å². The number of nitrogens with zero attached hydrogens (tertiary/aromatic N) is 1. The van der Waals surface area contributed by atoms with Gasteiger partial charge in [0.05, 0.1) is 6.54 Å². The Balaban J connectivity index is 2.09. The normalized spacial score (nSPS) is 21.4. The van der Waals surface area contributed by atoms with Crippen molar-refractivity contribution in [3.8, 4) is 12.3 Å². The van der Waals surface area contributed by atoms with E-state index in [1.165, 1.54) is 25.7 Å². The Morgan fingerprint density at radius 2 is 2.00 bits per heavy atom. The zero-order chi connectivity index (χ0) is 13.9. The zero-order valence-corrected chi connectivity index (χ0v) is 12.5. The number of amides is 1. The fourth-order valence-electron chi connectivity index (χ4n) is 3.62. The smallest absolute Gasteiger partial charge is 0.229 e. The van der Waals surface area contributed by atoms with Crippen molar-refractivity contribution < 1.29 is 4.79 Å². The number of terminal acetylenes is 1. The summed E-state index contributed by atoms with van der Waals surface area (Å²) in [5, 5.41) is 0. The van der Waals surface area contributed by atoms with Crippen LogP contribution in [0.2, 0.25) is 0 Å². The topological polar surface area (TPSA) is 20.3 Å². The SMILES string of the molecule is C#CCN(CC1CC1)C(=O)C1(CC(C)C)CCCC1. The van der Waals surface area contributed by atoms with Gasteiger partial charge in [-0.2, -0.15) is 0 Å². The molecule has 2 aliphatic rings. The van der Waals surface area contributed by atoms with E-state index in [0.29, 0.717) is 18.4 Å². The Kier molecular flexibility index (Phi) is 4.55. The summed E-state index contributed by atoms with van der Waals surface area (Å²) >= 11 is 0. The van der Waals surface area contributed by atoms with E-state index in [-0.39, 0.29) is 5.41 Å². The summed E-state index contributed by atoms with van der Waals surface area (Å²) in [6.07, 6.45) is 13.6. The van der Waals surface area contributed by atoms with Crippen LogP contribution >= 0.6 is 0 Å². The molecule has 0 heterocycles. The van der Waals surface area contributed by atoms with Crippen LogP contribution in [0.1, 0.15) is 58.8 Å². The van der Waals surface area contributed by atoms with Crippen LogP contribution in [0.5, 0.6) is 0 Å². The van der Waals surface area contributed by atoms with Gasteiger partial charge in [0, 0.05) is 12.0 Å². The highest BCUT2D eigenvalue weighted by atomic mass is 16.2. The van der Waals surface area contributed by atoms with Gasteiger partial charge in [-0.05, 0) is 43.9 Å². The van der Waals surface area contributed by atoms with Crippen molar-refractivity contribution >= 4 is 5.91 Å². The molecule has 2 fully saturated rings. The molecule has 106 valence electrons. The highest BCUT2D eigenvalue weighted by molar-refractivity contribution is 5.83. The van der Waals surface area contributed by atoms with Gasteiger partial charge in [-0.1, -0.05) is 32.6 Å². The third-order valence-electron chi connectivity index (χ3n) is 4.56. The van der Waals surface area contributed by atoms with Gasteiger partial charge < -0.3 is 4.90 Å². The number of hydrogen-bond donors (Lipinski definition) is 0. The molecule has 2 nitrogen and oxygen atoms in total. The third-order valence-corrected chi connectivity index (χ3v) is 4.56. The summed E-state index contributed by atoms with van der Waals surface area (Å²) in [4.78, 5) is 15.0. The van der Waals surface area contributed by atoms with Crippen LogP contribution in [-0.4, -0.2) is 23.9 Å². The number of carbonyl (C=O) groups excluding carboxylic acids is 1. The highest BCUT2D eigenvalue weighted by Crippen LogP contribution is 2.45. The number of carbonyl (C=O) groups is 1. The van der Waals surface area contributed by atoms with Crippen LogP contribution in [0.25, 0.3) is 0 Å². The molecule has 0 aromatic heterocycles. The Hall–Kier alpha value is -0.970. The van der Waals surface area contributed by atoms with Crippen LogP contribution in [-0.2, 0) is 4.79 Å². The molecular formula is C17H27NO. The first kappa shape index (κ1) is 14.4. The van der Waals surface area contributed by atoms with E-state index < -0.39 is 0 Å². The van der Waals surface area contributed by atoms with Gasteiger partial charge in [-0.3, -0.25) is 4.79 Å². The van der Waals surface area contributed by atoms with Crippen LogP contribution in [0.4, 0.5) is 0 Å². The van der Waals surface area contributed by atoms with Gasteiger partial charge in [0.1, 0.15) is 0 Å². The molecule has 0 unspecified atom stereocenters. The summed E-state index contributed by atoms with van der Waals surface area (Å²) in [7, 11) is 0. The Bertz CT molecular complexity index is 356. The van der Waals surface area contributed by atoms with Crippen LogP contribution in [0.15, 0.2) is 0 Å². The molecule has 0 aromatic rings. The molecule has 0 aromatic carbocycles. The first-order valence-electron chi connectivity index (χ1n) is 7.80. The van der Waals surface area contributed by atoms with Gasteiger partial charge in [-0.25, -0.2) is 0 Å². The maximum absolute atomic E-state index is 13.0.